The van der Waals surface area contributed by atoms with Crippen molar-refractivity contribution in [3.05, 3.63) is 65.5 Å². The van der Waals surface area contributed by atoms with Gasteiger partial charge < -0.3 is 5.32 Å². The minimum Gasteiger partial charge on any atom is -0.322 e. The van der Waals surface area contributed by atoms with Gasteiger partial charge in [0.15, 0.2) is 0 Å². The van der Waals surface area contributed by atoms with Gasteiger partial charge in [0.05, 0.1) is 5.56 Å². The van der Waals surface area contributed by atoms with E-state index in [1.54, 1.807) is 0 Å². The monoisotopic (exact) mass is 251 g/mol. The van der Waals surface area contributed by atoms with Crippen LogP contribution in [0.3, 0.4) is 0 Å². The first-order chi connectivity index (χ1) is 8.56. The van der Waals surface area contributed by atoms with Gasteiger partial charge in [-0.15, -0.1) is 0 Å². The summed E-state index contributed by atoms with van der Waals surface area (Å²) in [5.41, 5.74) is 0.0471. The molecular formula is C13H8F3NO. The maximum atomic E-state index is 13.3. The minimum atomic E-state index is -0.949. The number of hydrogen-bond donors (Lipinski definition) is 1. The second-order valence-electron chi connectivity index (χ2n) is 3.59. The van der Waals surface area contributed by atoms with Gasteiger partial charge in [-0.1, -0.05) is 0 Å². The van der Waals surface area contributed by atoms with Gasteiger partial charge >= 0.3 is 0 Å². The van der Waals surface area contributed by atoms with E-state index in [-0.39, 0.29) is 5.56 Å². The highest BCUT2D eigenvalue weighted by Crippen LogP contribution is 2.13. The zero-order valence-corrected chi connectivity index (χ0v) is 9.08. The Morgan fingerprint density at radius 1 is 0.889 bits per heavy atom. The minimum absolute atomic E-state index is 0.277. The first kappa shape index (κ1) is 12.2. The van der Waals surface area contributed by atoms with Gasteiger partial charge in [-0.25, -0.2) is 13.2 Å². The molecule has 0 aliphatic heterocycles. The van der Waals surface area contributed by atoms with Crippen molar-refractivity contribution in [2.75, 3.05) is 5.32 Å². The number of nitrogens with one attached hydrogen (secondary N) is 1. The molecule has 18 heavy (non-hydrogen) atoms. The summed E-state index contributed by atoms with van der Waals surface area (Å²) in [5, 5.41) is 2.38. The highest BCUT2D eigenvalue weighted by Gasteiger charge is 2.12. The van der Waals surface area contributed by atoms with E-state index in [1.807, 2.05) is 0 Å². The van der Waals surface area contributed by atoms with Gasteiger partial charge in [-0.2, -0.15) is 0 Å². The van der Waals surface area contributed by atoms with Crippen LogP contribution in [0.4, 0.5) is 18.9 Å². The van der Waals surface area contributed by atoms with Crippen molar-refractivity contribution in [2.45, 2.75) is 0 Å². The predicted octanol–water partition coefficient (Wildman–Crippen LogP) is 3.36. The highest BCUT2D eigenvalue weighted by atomic mass is 19.1. The van der Waals surface area contributed by atoms with E-state index < -0.39 is 23.4 Å². The maximum Gasteiger partial charge on any atom is 0.258 e. The van der Waals surface area contributed by atoms with Gasteiger partial charge in [-0.05, 0) is 36.4 Å². The summed E-state index contributed by atoms with van der Waals surface area (Å²) in [6.45, 7) is 0. The summed E-state index contributed by atoms with van der Waals surface area (Å²) in [5.74, 6) is -2.87. The van der Waals surface area contributed by atoms with E-state index in [9.17, 15) is 18.0 Å². The third kappa shape index (κ3) is 2.68. The predicted molar refractivity (Wildman–Crippen MR) is 60.7 cm³/mol. The zero-order chi connectivity index (χ0) is 13.1. The lowest BCUT2D eigenvalue weighted by atomic mass is 10.2. The smallest absolute Gasteiger partial charge is 0.258 e. The molecule has 92 valence electrons. The lowest BCUT2D eigenvalue weighted by molar-refractivity contribution is 0.102. The number of hydrogen-bond acceptors (Lipinski definition) is 1. The van der Waals surface area contributed by atoms with Gasteiger partial charge in [0.1, 0.15) is 17.5 Å². The highest BCUT2D eigenvalue weighted by molar-refractivity contribution is 6.04. The molecule has 0 bridgehead atoms. The van der Waals surface area contributed by atoms with E-state index in [0.29, 0.717) is 11.8 Å². The van der Waals surface area contributed by atoms with Gasteiger partial charge in [0.25, 0.3) is 5.91 Å². The number of amides is 1. The van der Waals surface area contributed by atoms with Crippen LogP contribution < -0.4 is 5.32 Å². The van der Waals surface area contributed by atoms with E-state index in [0.717, 1.165) is 24.3 Å². The Kier molecular flexibility index (Phi) is 3.32. The fourth-order valence-electron chi connectivity index (χ4n) is 1.41. The average molecular weight is 251 g/mol. The maximum absolute atomic E-state index is 13.3. The fourth-order valence-corrected chi connectivity index (χ4v) is 1.41. The Labute approximate surface area is 101 Å². The molecule has 0 aromatic heterocycles. The molecule has 2 nitrogen and oxygen atoms in total. The number of rotatable bonds is 2. The van der Waals surface area contributed by atoms with Crippen molar-refractivity contribution in [1.29, 1.82) is 0 Å². The second-order valence-corrected chi connectivity index (χ2v) is 3.59. The van der Waals surface area contributed by atoms with Crippen molar-refractivity contribution < 1.29 is 18.0 Å². The van der Waals surface area contributed by atoms with Crippen LogP contribution in [-0.2, 0) is 0 Å². The molecule has 2 aromatic rings. The molecular weight excluding hydrogens is 243 g/mol. The van der Waals surface area contributed by atoms with Crippen molar-refractivity contribution in [1.82, 2.24) is 0 Å². The summed E-state index contributed by atoms with van der Waals surface area (Å²) in [6, 6.07) is 7.67. The van der Waals surface area contributed by atoms with Crippen molar-refractivity contribution >= 4 is 11.6 Å². The van der Waals surface area contributed by atoms with E-state index >= 15 is 0 Å². The molecule has 2 aromatic carbocycles. The largest absolute Gasteiger partial charge is 0.322 e. The van der Waals surface area contributed by atoms with Crippen LogP contribution in [0.1, 0.15) is 10.4 Å². The average Bonchev–Trinajstić information content (AvgIpc) is 2.32. The van der Waals surface area contributed by atoms with Gasteiger partial charge in [0, 0.05) is 11.8 Å². The van der Waals surface area contributed by atoms with Crippen LogP contribution in [0.25, 0.3) is 0 Å². The number of anilines is 1. The molecule has 0 radical (unpaired) electrons. The number of carbonyl (C=O) groups is 1. The van der Waals surface area contributed by atoms with Crippen LogP contribution >= 0.6 is 0 Å². The van der Waals surface area contributed by atoms with E-state index in [4.69, 9.17) is 0 Å². The Morgan fingerprint density at radius 2 is 1.50 bits per heavy atom. The van der Waals surface area contributed by atoms with Crippen molar-refractivity contribution in [3.8, 4) is 0 Å². The van der Waals surface area contributed by atoms with E-state index in [1.165, 1.54) is 12.1 Å². The fraction of sp³-hybridized carbons (Fsp3) is 0. The molecule has 0 heterocycles. The molecule has 0 fully saturated rings. The summed E-state index contributed by atoms with van der Waals surface area (Å²) in [6.07, 6.45) is 0. The molecule has 0 unspecified atom stereocenters. The molecule has 2 rings (SSSR count). The molecule has 0 aliphatic carbocycles. The SMILES string of the molecule is O=C(Nc1ccc(F)cc1)c1ccc(F)cc1F. The summed E-state index contributed by atoms with van der Waals surface area (Å²) in [7, 11) is 0. The van der Waals surface area contributed by atoms with Crippen molar-refractivity contribution in [2.24, 2.45) is 0 Å². The van der Waals surface area contributed by atoms with Crippen LogP contribution in [0, 0.1) is 17.5 Å². The van der Waals surface area contributed by atoms with Crippen LogP contribution in [0.5, 0.6) is 0 Å². The lowest BCUT2D eigenvalue weighted by Gasteiger charge is -2.06. The summed E-state index contributed by atoms with van der Waals surface area (Å²) >= 11 is 0. The van der Waals surface area contributed by atoms with Gasteiger partial charge in [0.2, 0.25) is 0 Å². The van der Waals surface area contributed by atoms with Crippen LogP contribution in [-0.4, -0.2) is 5.91 Å². The van der Waals surface area contributed by atoms with Crippen molar-refractivity contribution in [3.63, 3.8) is 0 Å². The molecule has 0 aliphatic rings. The van der Waals surface area contributed by atoms with Crippen LogP contribution in [0.15, 0.2) is 42.5 Å². The van der Waals surface area contributed by atoms with Crippen LogP contribution in [0.2, 0.25) is 0 Å². The molecule has 1 amide bonds. The molecule has 0 saturated heterocycles. The topological polar surface area (TPSA) is 29.1 Å². The molecule has 0 atom stereocenters. The number of benzene rings is 2. The summed E-state index contributed by atoms with van der Waals surface area (Å²) < 4.78 is 38.6. The quantitative estimate of drug-likeness (QED) is 0.871. The number of carbonyl (C=O) groups excluding carboxylic acids is 1. The first-order valence-corrected chi connectivity index (χ1v) is 5.08. The molecule has 0 saturated carbocycles. The third-order valence-electron chi connectivity index (χ3n) is 2.28. The van der Waals surface area contributed by atoms with E-state index in [2.05, 4.69) is 5.32 Å². The Bertz CT molecular complexity index is 581. The second kappa shape index (κ2) is 4.91. The first-order valence-electron chi connectivity index (χ1n) is 5.08. The Hall–Kier alpha value is -2.30. The molecule has 5 heteroatoms. The van der Waals surface area contributed by atoms with Gasteiger partial charge in [-0.3, -0.25) is 4.79 Å². The zero-order valence-electron chi connectivity index (χ0n) is 9.08. The normalized spacial score (nSPS) is 10.2. The standard InChI is InChI=1S/C13H8F3NO/c14-8-1-4-10(5-2-8)17-13(18)11-6-3-9(15)7-12(11)16/h1-7H,(H,17,18). The third-order valence-corrected chi connectivity index (χ3v) is 2.28. The number of halogens is 3. The lowest BCUT2D eigenvalue weighted by Crippen LogP contribution is -2.13. The summed E-state index contributed by atoms with van der Waals surface area (Å²) in [4.78, 5) is 11.7. The Balaban J connectivity index is 2.19. The molecule has 0 spiro atoms. The Morgan fingerprint density at radius 3 is 2.11 bits per heavy atom. The molecule has 1 N–H and O–H groups in total.